The summed E-state index contributed by atoms with van der Waals surface area (Å²) >= 11 is 7.79. The molecule has 1 fully saturated rings. The highest BCUT2D eigenvalue weighted by atomic mass is 79.9. The summed E-state index contributed by atoms with van der Waals surface area (Å²) < 4.78 is 41.5. The fraction of sp³-hybridized carbons (Fsp3) is 0.353. The van der Waals surface area contributed by atoms with Crippen molar-refractivity contribution in [3.63, 3.8) is 0 Å². The van der Waals surface area contributed by atoms with Gasteiger partial charge in [-0.2, -0.15) is 4.31 Å². The predicted octanol–water partition coefficient (Wildman–Crippen LogP) is 4.13. The van der Waals surface area contributed by atoms with E-state index in [4.69, 9.17) is 0 Å². The lowest BCUT2D eigenvalue weighted by Gasteiger charge is -2.30. The zero-order valence-electron chi connectivity index (χ0n) is 14.1. The van der Waals surface area contributed by atoms with E-state index in [0.29, 0.717) is 36.9 Å². The van der Waals surface area contributed by atoms with Crippen LogP contribution < -0.4 is 5.32 Å². The highest BCUT2D eigenvalue weighted by Crippen LogP contribution is 2.37. The highest BCUT2D eigenvalue weighted by Gasteiger charge is 2.33. The van der Waals surface area contributed by atoms with Crippen LogP contribution in [0, 0.1) is 11.7 Å². The summed E-state index contributed by atoms with van der Waals surface area (Å²) in [5, 5.41) is 2.84. The van der Waals surface area contributed by atoms with Crippen LogP contribution in [0.5, 0.6) is 0 Å². The molecule has 5 nitrogen and oxygen atoms in total. The van der Waals surface area contributed by atoms with Gasteiger partial charge in [0.1, 0.15) is 10.0 Å². The van der Waals surface area contributed by atoms with Crippen molar-refractivity contribution in [2.75, 3.05) is 13.1 Å². The predicted molar refractivity (Wildman–Crippen MR) is 109 cm³/mol. The van der Waals surface area contributed by atoms with Crippen LogP contribution >= 0.6 is 43.2 Å². The van der Waals surface area contributed by atoms with Gasteiger partial charge in [0, 0.05) is 30.0 Å². The van der Waals surface area contributed by atoms with Crippen LogP contribution in [0.4, 0.5) is 4.39 Å². The molecule has 1 aliphatic rings. The number of piperidine rings is 1. The normalized spacial score (nSPS) is 16.4. The lowest BCUT2D eigenvalue weighted by atomic mass is 9.97. The largest absolute Gasteiger partial charge is 0.352 e. The molecule has 0 aliphatic carbocycles. The molecule has 0 saturated carbocycles. The summed E-state index contributed by atoms with van der Waals surface area (Å²) in [6.07, 6.45) is 0.949. The molecule has 2 heterocycles. The van der Waals surface area contributed by atoms with E-state index in [1.807, 2.05) is 0 Å². The maximum absolute atomic E-state index is 12.9. The van der Waals surface area contributed by atoms with Crippen molar-refractivity contribution in [3.8, 4) is 0 Å². The van der Waals surface area contributed by atoms with Gasteiger partial charge < -0.3 is 5.32 Å². The smallest absolute Gasteiger partial charge is 0.252 e. The Morgan fingerprint density at radius 3 is 2.41 bits per heavy atom. The van der Waals surface area contributed by atoms with Crippen molar-refractivity contribution in [3.05, 3.63) is 50.0 Å². The van der Waals surface area contributed by atoms with Gasteiger partial charge in [0.15, 0.2) is 0 Å². The van der Waals surface area contributed by atoms with Crippen molar-refractivity contribution in [2.24, 2.45) is 5.92 Å². The van der Waals surface area contributed by atoms with E-state index in [1.54, 1.807) is 18.2 Å². The van der Waals surface area contributed by atoms with E-state index in [1.165, 1.54) is 16.4 Å². The third kappa shape index (κ3) is 4.97. The fourth-order valence-corrected chi connectivity index (χ4v) is 7.32. The number of benzene rings is 1. The Bertz CT molecular complexity index is 905. The Morgan fingerprint density at radius 1 is 1.22 bits per heavy atom. The first-order valence-corrected chi connectivity index (χ1v) is 12.1. The van der Waals surface area contributed by atoms with Crippen molar-refractivity contribution >= 4 is 59.1 Å². The van der Waals surface area contributed by atoms with Gasteiger partial charge in [0.25, 0.3) is 10.0 Å². The maximum atomic E-state index is 12.9. The lowest BCUT2D eigenvalue weighted by Crippen LogP contribution is -2.42. The molecular formula is C17H17Br2FN2O3S2. The Morgan fingerprint density at radius 2 is 1.85 bits per heavy atom. The molecule has 3 rings (SSSR count). The number of sulfonamides is 1. The minimum absolute atomic E-state index is 0.0991. The van der Waals surface area contributed by atoms with E-state index in [2.05, 4.69) is 37.2 Å². The maximum Gasteiger partial charge on any atom is 0.252 e. The lowest BCUT2D eigenvalue weighted by molar-refractivity contribution is -0.126. The zero-order chi connectivity index (χ0) is 19.6. The fourth-order valence-electron chi connectivity index (χ4n) is 2.88. The molecule has 1 aromatic carbocycles. The monoisotopic (exact) mass is 538 g/mol. The van der Waals surface area contributed by atoms with Gasteiger partial charge >= 0.3 is 0 Å². The van der Waals surface area contributed by atoms with E-state index in [9.17, 15) is 17.6 Å². The summed E-state index contributed by atoms with van der Waals surface area (Å²) in [4.78, 5) is 12.3. The number of carbonyl (C=O) groups is 1. The Kier molecular flexibility index (Phi) is 6.73. The molecular weight excluding hydrogens is 523 g/mol. The molecule has 1 aliphatic heterocycles. The van der Waals surface area contributed by atoms with Gasteiger partial charge in [-0.3, -0.25) is 4.79 Å². The van der Waals surface area contributed by atoms with E-state index < -0.39 is 10.0 Å². The van der Waals surface area contributed by atoms with Crippen LogP contribution in [-0.4, -0.2) is 31.7 Å². The number of nitrogens with one attached hydrogen (secondary N) is 1. The molecule has 1 amide bonds. The summed E-state index contributed by atoms with van der Waals surface area (Å²) in [5.74, 6) is -0.639. The van der Waals surface area contributed by atoms with E-state index in [0.717, 1.165) is 20.7 Å². The number of halogens is 3. The molecule has 1 aromatic heterocycles. The molecule has 0 atom stereocenters. The molecule has 1 N–H and O–H groups in total. The number of thiophene rings is 1. The highest BCUT2D eigenvalue weighted by molar-refractivity contribution is 9.13. The summed E-state index contributed by atoms with van der Waals surface area (Å²) in [6.45, 7) is 0.948. The summed E-state index contributed by atoms with van der Waals surface area (Å²) in [5.41, 5.74) is 0.818. The minimum atomic E-state index is -3.55. The van der Waals surface area contributed by atoms with E-state index >= 15 is 0 Å². The second kappa shape index (κ2) is 8.69. The van der Waals surface area contributed by atoms with Gasteiger partial charge in [0.2, 0.25) is 5.91 Å². The third-order valence-electron chi connectivity index (χ3n) is 4.42. The van der Waals surface area contributed by atoms with Crippen LogP contribution in [0.1, 0.15) is 18.4 Å². The van der Waals surface area contributed by atoms with Crippen LogP contribution in [0.15, 0.2) is 42.8 Å². The quantitative estimate of drug-likeness (QED) is 0.621. The van der Waals surface area contributed by atoms with Crippen LogP contribution in [0.25, 0.3) is 0 Å². The molecule has 2 aromatic rings. The zero-order valence-corrected chi connectivity index (χ0v) is 18.9. The molecule has 0 radical (unpaired) electrons. The minimum Gasteiger partial charge on any atom is -0.352 e. The Balaban J connectivity index is 1.54. The first-order valence-electron chi connectivity index (χ1n) is 8.24. The first-order chi connectivity index (χ1) is 12.8. The number of rotatable bonds is 5. The summed E-state index contributed by atoms with van der Waals surface area (Å²) in [6, 6.07) is 7.55. The number of hydrogen-bond acceptors (Lipinski definition) is 4. The van der Waals surface area contributed by atoms with Crippen molar-refractivity contribution in [1.82, 2.24) is 9.62 Å². The van der Waals surface area contributed by atoms with Crippen molar-refractivity contribution in [2.45, 2.75) is 23.6 Å². The van der Waals surface area contributed by atoms with Gasteiger partial charge in [-0.25, -0.2) is 12.8 Å². The second-order valence-corrected chi connectivity index (χ2v) is 11.6. The number of amides is 1. The molecule has 146 valence electrons. The molecule has 27 heavy (non-hydrogen) atoms. The summed E-state index contributed by atoms with van der Waals surface area (Å²) in [7, 11) is -3.55. The van der Waals surface area contributed by atoms with Crippen LogP contribution in [-0.2, 0) is 21.4 Å². The average Bonchev–Trinajstić information content (AvgIpc) is 3.00. The molecule has 0 bridgehead atoms. The topological polar surface area (TPSA) is 66.5 Å². The van der Waals surface area contributed by atoms with Gasteiger partial charge in [-0.15, -0.1) is 11.3 Å². The molecule has 10 heteroatoms. The van der Waals surface area contributed by atoms with Crippen LogP contribution in [0.2, 0.25) is 0 Å². The SMILES string of the molecule is O=C(NCc1ccc(F)cc1)C1CCN(S(=O)(=O)c2cc(Br)c(Br)s2)CC1. The second-order valence-electron chi connectivity index (χ2n) is 6.21. The van der Waals surface area contributed by atoms with E-state index in [-0.39, 0.29) is 21.9 Å². The average molecular weight is 540 g/mol. The molecule has 0 unspecified atom stereocenters. The Labute approximate surface area is 178 Å². The Hall–Kier alpha value is -0.810. The van der Waals surface area contributed by atoms with Crippen LogP contribution in [0.3, 0.4) is 0 Å². The van der Waals surface area contributed by atoms with Crippen molar-refractivity contribution in [1.29, 1.82) is 0 Å². The van der Waals surface area contributed by atoms with Gasteiger partial charge in [-0.1, -0.05) is 12.1 Å². The number of nitrogens with zero attached hydrogens (tertiary/aromatic N) is 1. The van der Waals surface area contributed by atoms with Gasteiger partial charge in [0.05, 0.1) is 3.79 Å². The molecule has 0 spiro atoms. The third-order valence-corrected chi connectivity index (χ3v) is 10.0. The number of hydrogen-bond donors (Lipinski definition) is 1. The van der Waals surface area contributed by atoms with Crippen molar-refractivity contribution < 1.29 is 17.6 Å². The first kappa shape index (κ1) is 20.9. The van der Waals surface area contributed by atoms with Gasteiger partial charge in [-0.05, 0) is 68.5 Å². The standard InChI is InChI=1S/C17H17Br2FN2O3S2/c18-14-9-15(26-16(14)19)27(24,25)22-7-5-12(6-8-22)17(23)21-10-11-1-3-13(20)4-2-11/h1-4,9,12H,5-8,10H2,(H,21,23). The molecule has 1 saturated heterocycles. The number of carbonyl (C=O) groups excluding carboxylic acids is 1.